The molecule has 0 aromatic heterocycles. The van der Waals surface area contributed by atoms with Crippen molar-refractivity contribution in [1.82, 2.24) is 10.2 Å². The topological polar surface area (TPSA) is 32.3 Å². The predicted molar refractivity (Wildman–Crippen MR) is 79.0 cm³/mol. The highest BCUT2D eigenvalue weighted by molar-refractivity contribution is 5.84. The SMILES string of the molecule is CCC1NCN(C(C)C23CC4CC(CC(C4)C2)C3)C1=O. The maximum absolute atomic E-state index is 12.5. The van der Waals surface area contributed by atoms with Crippen molar-refractivity contribution in [1.29, 1.82) is 0 Å². The van der Waals surface area contributed by atoms with Gasteiger partial charge in [-0.15, -0.1) is 0 Å². The average molecular weight is 276 g/mol. The normalized spacial score (nSPS) is 48.1. The van der Waals surface area contributed by atoms with E-state index in [1.807, 2.05) is 0 Å². The number of amides is 1. The van der Waals surface area contributed by atoms with E-state index in [9.17, 15) is 4.79 Å². The number of rotatable bonds is 3. The summed E-state index contributed by atoms with van der Waals surface area (Å²) >= 11 is 0. The van der Waals surface area contributed by atoms with Crippen molar-refractivity contribution in [3.63, 3.8) is 0 Å². The van der Waals surface area contributed by atoms with Gasteiger partial charge in [0.05, 0.1) is 12.7 Å². The Morgan fingerprint density at radius 2 is 1.75 bits per heavy atom. The average Bonchev–Trinajstić information content (AvgIpc) is 2.77. The van der Waals surface area contributed by atoms with Crippen LogP contribution in [0.15, 0.2) is 0 Å². The van der Waals surface area contributed by atoms with Crippen molar-refractivity contribution < 1.29 is 4.79 Å². The van der Waals surface area contributed by atoms with E-state index in [0.717, 1.165) is 30.8 Å². The van der Waals surface area contributed by atoms with Crippen molar-refractivity contribution in [2.24, 2.45) is 23.2 Å². The van der Waals surface area contributed by atoms with E-state index in [4.69, 9.17) is 0 Å². The van der Waals surface area contributed by atoms with Crippen LogP contribution in [0.3, 0.4) is 0 Å². The summed E-state index contributed by atoms with van der Waals surface area (Å²) in [5.74, 6) is 3.26. The summed E-state index contributed by atoms with van der Waals surface area (Å²) in [6.45, 7) is 5.22. The lowest BCUT2D eigenvalue weighted by Gasteiger charge is -2.60. The van der Waals surface area contributed by atoms with E-state index in [-0.39, 0.29) is 6.04 Å². The van der Waals surface area contributed by atoms with Crippen LogP contribution in [0.4, 0.5) is 0 Å². The fourth-order valence-electron chi connectivity index (χ4n) is 6.24. The van der Waals surface area contributed by atoms with Crippen molar-refractivity contribution in [2.45, 2.75) is 70.9 Å². The second-order valence-electron chi connectivity index (χ2n) is 8.09. The molecule has 4 aliphatic carbocycles. The number of carbonyl (C=O) groups excluding carboxylic acids is 1. The van der Waals surface area contributed by atoms with Gasteiger partial charge in [0.1, 0.15) is 0 Å². The molecule has 20 heavy (non-hydrogen) atoms. The zero-order chi connectivity index (χ0) is 13.9. The first-order valence-electron chi connectivity index (χ1n) is 8.65. The Morgan fingerprint density at radius 3 is 2.20 bits per heavy atom. The van der Waals surface area contributed by atoms with Gasteiger partial charge < -0.3 is 4.90 Å². The van der Waals surface area contributed by atoms with Crippen LogP contribution in [0.5, 0.6) is 0 Å². The number of carbonyl (C=O) groups is 1. The molecule has 4 bridgehead atoms. The predicted octanol–water partition coefficient (Wildman–Crippen LogP) is 2.76. The second-order valence-corrected chi connectivity index (χ2v) is 8.09. The quantitative estimate of drug-likeness (QED) is 0.859. The van der Waals surface area contributed by atoms with Gasteiger partial charge in [0.25, 0.3) is 0 Å². The Morgan fingerprint density at radius 1 is 1.20 bits per heavy atom. The summed E-state index contributed by atoms with van der Waals surface area (Å²) in [4.78, 5) is 14.7. The standard InChI is InChI=1S/C17H28N2O/c1-3-15-16(20)19(10-18-15)11(2)17-7-12-4-13(8-17)6-14(5-12)9-17/h11-15,18H,3-10H2,1-2H3. The van der Waals surface area contributed by atoms with Crippen molar-refractivity contribution in [3.05, 3.63) is 0 Å². The summed E-state index contributed by atoms with van der Waals surface area (Å²) in [6, 6.07) is 0.513. The first-order chi connectivity index (χ1) is 9.61. The fourth-order valence-corrected chi connectivity index (χ4v) is 6.24. The Labute approximate surface area is 122 Å². The molecule has 5 aliphatic rings. The van der Waals surface area contributed by atoms with Gasteiger partial charge in [-0.1, -0.05) is 6.92 Å². The molecule has 0 spiro atoms. The molecule has 3 nitrogen and oxygen atoms in total. The monoisotopic (exact) mass is 276 g/mol. The van der Waals surface area contributed by atoms with Crippen LogP contribution in [-0.4, -0.2) is 29.6 Å². The van der Waals surface area contributed by atoms with Crippen LogP contribution >= 0.6 is 0 Å². The number of hydrogen-bond donors (Lipinski definition) is 1. The lowest BCUT2D eigenvalue weighted by Crippen LogP contribution is -2.56. The maximum atomic E-state index is 12.5. The molecule has 2 unspecified atom stereocenters. The maximum Gasteiger partial charge on any atom is 0.241 e. The van der Waals surface area contributed by atoms with Gasteiger partial charge in [-0.2, -0.15) is 0 Å². The summed E-state index contributed by atoms with van der Waals surface area (Å²) in [5.41, 5.74) is 0.453. The van der Waals surface area contributed by atoms with Crippen LogP contribution in [0, 0.1) is 23.2 Å². The molecule has 2 atom stereocenters. The molecule has 1 aliphatic heterocycles. The molecule has 0 aromatic carbocycles. The van der Waals surface area contributed by atoms with Gasteiger partial charge in [-0.05, 0) is 75.0 Å². The molecule has 1 amide bonds. The van der Waals surface area contributed by atoms with E-state index in [2.05, 4.69) is 24.1 Å². The van der Waals surface area contributed by atoms with Gasteiger partial charge in [0.15, 0.2) is 0 Å². The van der Waals surface area contributed by atoms with Gasteiger partial charge in [-0.3, -0.25) is 10.1 Å². The van der Waals surface area contributed by atoms with Gasteiger partial charge in [0, 0.05) is 6.04 Å². The van der Waals surface area contributed by atoms with E-state index < -0.39 is 0 Å². The van der Waals surface area contributed by atoms with E-state index in [0.29, 0.717) is 17.4 Å². The third-order valence-electron chi connectivity index (χ3n) is 6.94. The fraction of sp³-hybridized carbons (Fsp3) is 0.941. The molecule has 0 radical (unpaired) electrons. The van der Waals surface area contributed by atoms with Crippen LogP contribution in [0.25, 0.3) is 0 Å². The zero-order valence-corrected chi connectivity index (χ0v) is 12.9. The van der Waals surface area contributed by atoms with E-state index in [1.54, 1.807) is 0 Å². The van der Waals surface area contributed by atoms with Crippen molar-refractivity contribution in [3.8, 4) is 0 Å². The van der Waals surface area contributed by atoms with Crippen LogP contribution in [0.2, 0.25) is 0 Å². The largest absolute Gasteiger partial charge is 0.325 e. The first kappa shape index (κ1) is 13.1. The molecule has 112 valence electrons. The Balaban J connectivity index is 1.56. The molecule has 4 saturated carbocycles. The van der Waals surface area contributed by atoms with Crippen LogP contribution < -0.4 is 5.32 Å². The Bertz CT molecular complexity index is 384. The van der Waals surface area contributed by atoms with E-state index in [1.165, 1.54) is 38.5 Å². The summed E-state index contributed by atoms with van der Waals surface area (Å²) in [5, 5.41) is 3.40. The summed E-state index contributed by atoms with van der Waals surface area (Å²) in [7, 11) is 0. The van der Waals surface area contributed by atoms with Crippen molar-refractivity contribution >= 4 is 5.91 Å². The minimum Gasteiger partial charge on any atom is -0.325 e. The van der Waals surface area contributed by atoms with Gasteiger partial charge in [-0.25, -0.2) is 0 Å². The van der Waals surface area contributed by atoms with E-state index >= 15 is 0 Å². The van der Waals surface area contributed by atoms with Crippen LogP contribution in [-0.2, 0) is 4.79 Å². The van der Waals surface area contributed by atoms with Gasteiger partial charge >= 0.3 is 0 Å². The smallest absolute Gasteiger partial charge is 0.241 e. The molecule has 1 N–H and O–H groups in total. The number of nitrogens with zero attached hydrogens (tertiary/aromatic N) is 1. The lowest BCUT2D eigenvalue weighted by molar-refractivity contribution is -0.141. The Hall–Kier alpha value is -0.570. The number of hydrogen-bond acceptors (Lipinski definition) is 2. The molecular weight excluding hydrogens is 248 g/mol. The molecule has 1 heterocycles. The highest BCUT2D eigenvalue weighted by Crippen LogP contribution is 2.62. The molecule has 0 aromatic rings. The van der Waals surface area contributed by atoms with Crippen LogP contribution in [0.1, 0.15) is 58.8 Å². The molecule has 1 saturated heterocycles. The minimum absolute atomic E-state index is 0.0753. The zero-order valence-electron chi connectivity index (χ0n) is 12.9. The highest BCUT2D eigenvalue weighted by atomic mass is 16.2. The second kappa shape index (κ2) is 4.46. The first-order valence-corrected chi connectivity index (χ1v) is 8.65. The molecule has 5 rings (SSSR count). The molecule has 3 heteroatoms. The molecular formula is C17H28N2O. The Kier molecular flexibility index (Phi) is 2.93. The summed E-state index contributed by atoms with van der Waals surface area (Å²) in [6.07, 6.45) is 9.53. The lowest BCUT2D eigenvalue weighted by atomic mass is 9.47. The third-order valence-corrected chi connectivity index (χ3v) is 6.94. The third kappa shape index (κ3) is 1.78. The highest BCUT2D eigenvalue weighted by Gasteiger charge is 2.55. The summed E-state index contributed by atoms with van der Waals surface area (Å²) < 4.78 is 0. The van der Waals surface area contributed by atoms with Gasteiger partial charge in [0.2, 0.25) is 5.91 Å². The minimum atomic E-state index is 0.0753. The number of nitrogens with one attached hydrogen (secondary N) is 1. The molecule has 5 fully saturated rings. The van der Waals surface area contributed by atoms with Crippen molar-refractivity contribution in [2.75, 3.05) is 6.67 Å².